The normalized spacial score (nSPS) is 11.3. The van der Waals surface area contributed by atoms with Gasteiger partial charge in [-0.15, -0.1) is 0 Å². The number of benzene rings is 10. The van der Waals surface area contributed by atoms with Crippen LogP contribution in [0.25, 0.3) is 117 Å². The molecule has 0 unspecified atom stereocenters. The van der Waals surface area contributed by atoms with Gasteiger partial charge >= 0.3 is 0 Å². The van der Waals surface area contributed by atoms with Gasteiger partial charge in [0.2, 0.25) is 0 Å². The predicted molar refractivity (Wildman–Crippen MR) is 280 cm³/mol. The van der Waals surface area contributed by atoms with Crippen molar-refractivity contribution in [3.05, 3.63) is 261 Å². The van der Waals surface area contributed by atoms with E-state index in [9.17, 15) is 0 Å². The second-order valence-corrected chi connectivity index (χ2v) is 17.0. The number of hydrogen-bond acceptors (Lipinski definition) is 2. The van der Waals surface area contributed by atoms with E-state index < -0.39 is 0 Å². The lowest BCUT2D eigenvalue weighted by atomic mass is 9.96. The number of nitrogens with zero attached hydrogens (tertiary/aromatic N) is 3. The Kier molecular flexibility index (Phi) is 10.2. The number of fused-ring (bicyclic) bond motifs is 3. The van der Waals surface area contributed by atoms with Gasteiger partial charge in [-0.2, -0.15) is 0 Å². The minimum Gasteiger partial charge on any atom is -0.309 e. The molecule has 0 aliphatic heterocycles. The Morgan fingerprint density at radius 1 is 0.224 bits per heavy atom. The van der Waals surface area contributed by atoms with Gasteiger partial charge in [0.05, 0.1) is 22.4 Å². The summed E-state index contributed by atoms with van der Waals surface area (Å²) in [6.07, 6.45) is 0. The maximum Gasteiger partial charge on any atom is 0.160 e. The summed E-state index contributed by atoms with van der Waals surface area (Å²) in [7, 11) is 0. The van der Waals surface area contributed by atoms with Crippen LogP contribution in [0.5, 0.6) is 0 Å². The largest absolute Gasteiger partial charge is 0.309 e. The molecule has 0 N–H and O–H groups in total. The molecule has 12 rings (SSSR count). The first-order chi connectivity index (χ1) is 33.2. The molecular weight excluding hydrogens is 811 g/mol. The maximum absolute atomic E-state index is 5.32. The summed E-state index contributed by atoms with van der Waals surface area (Å²) in [5.74, 6) is 0.674. The van der Waals surface area contributed by atoms with Gasteiger partial charge in [-0.1, -0.05) is 212 Å². The first kappa shape index (κ1) is 39.7. The molecule has 12 aromatic rings. The van der Waals surface area contributed by atoms with Crippen LogP contribution >= 0.6 is 0 Å². The molecule has 314 valence electrons. The summed E-state index contributed by atoms with van der Waals surface area (Å²) < 4.78 is 2.36. The minimum atomic E-state index is 0.674. The molecule has 67 heavy (non-hydrogen) atoms. The smallest absolute Gasteiger partial charge is 0.160 e. The Bertz CT molecular complexity index is 3670. The Labute approximate surface area is 390 Å². The standard InChI is InChI=1S/C64H43N3/c1-3-15-44(16-4-1)50-19-11-21-52(39-50)46-31-35-48(36-32-46)60-43-61(56-25-14-26-57(42-56)67-62-29-9-7-27-58(62)59-28-8-10-30-63(59)67)66-64(65-60)49-37-33-47(34-38-49)53-22-13-24-55(41-53)54-23-12-20-51(40-54)45-17-5-2-6-18-45/h1-43H. The van der Waals surface area contributed by atoms with Gasteiger partial charge in [0.15, 0.2) is 5.82 Å². The van der Waals surface area contributed by atoms with Gasteiger partial charge in [0.1, 0.15) is 0 Å². The lowest BCUT2D eigenvalue weighted by molar-refractivity contribution is 1.16. The molecule has 0 atom stereocenters. The van der Waals surface area contributed by atoms with Crippen LogP contribution in [-0.2, 0) is 0 Å². The summed E-state index contributed by atoms with van der Waals surface area (Å²) in [6, 6.07) is 93.0. The molecule has 0 aliphatic rings. The molecule has 0 aliphatic carbocycles. The molecular formula is C64H43N3. The summed E-state index contributed by atoms with van der Waals surface area (Å²) in [5, 5.41) is 2.47. The van der Waals surface area contributed by atoms with Crippen LogP contribution in [-0.4, -0.2) is 14.5 Å². The summed E-state index contributed by atoms with van der Waals surface area (Å²) in [4.78, 5) is 10.6. The van der Waals surface area contributed by atoms with E-state index in [-0.39, 0.29) is 0 Å². The monoisotopic (exact) mass is 853 g/mol. The van der Waals surface area contributed by atoms with E-state index in [4.69, 9.17) is 9.97 Å². The molecule has 3 nitrogen and oxygen atoms in total. The van der Waals surface area contributed by atoms with Gasteiger partial charge in [-0.25, -0.2) is 9.97 Å². The summed E-state index contributed by atoms with van der Waals surface area (Å²) in [5.41, 5.74) is 19.9. The third-order valence-electron chi connectivity index (χ3n) is 12.8. The van der Waals surface area contributed by atoms with Crippen molar-refractivity contribution in [2.45, 2.75) is 0 Å². The second kappa shape index (κ2) is 17.2. The Hall–Kier alpha value is -8.92. The second-order valence-electron chi connectivity index (χ2n) is 17.0. The van der Waals surface area contributed by atoms with Crippen molar-refractivity contribution in [2.24, 2.45) is 0 Å². The zero-order valence-electron chi connectivity index (χ0n) is 36.7. The Morgan fingerprint density at radius 3 is 1.06 bits per heavy atom. The summed E-state index contributed by atoms with van der Waals surface area (Å²) >= 11 is 0. The minimum absolute atomic E-state index is 0.674. The first-order valence-corrected chi connectivity index (χ1v) is 22.8. The van der Waals surface area contributed by atoms with Crippen molar-refractivity contribution < 1.29 is 0 Å². The van der Waals surface area contributed by atoms with E-state index in [0.717, 1.165) is 50.5 Å². The van der Waals surface area contributed by atoms with Crippen molar-refractivity contribution in [1.82, 2.24) is 14.5 Å². The summed E-state index contributed by atoms with van der Waals surface area (Å²) in [6.45, 7) is 0. The number of rotatable bonds is 9. The van der Waals surface area contributed by atoms with Gasteiger partial charge < -0.3 is 4.57 Å². The molecule has 0 spiro atoms. The molecule has 0 saturated heterocycles. The molecule has 2 aromatic heterocycles. The van der Waals surface area contributed by atoms with Crippen molar-refractivity contribution in [1.29, 1.82) is 0 Å². The van der Waals surface area contributed by atoms with Crippen molar-refractivity contribution >= 4 is 21.8 Å². The van der Waals surface area contributed by atoms with Crippen LogP contribution in [0.15, 0.2) is 261 Å². The molecule has 0 bridgehead atoms. The van der Waals surface area contributed by atoms with E-state index in [0.29, 0.717) is 5.82 Å². The number of aromatic nitrogens is 3. The van der Waals surface area contributed by atoms with Gasteiger partial charge in [-0.3, -0.25) is 0 Å². The predicted octanol–water partition coefficient (Wildman–Crippen LogP) is 16.9. The van der Waals surface area contributed by atoms with Crippen LogP contribution in [0.3, 0.4) is 0 Å². The third kappa shape index (κ3) is 7.79. The topological polar surface area (TPSA) is 30.7 Å². The molecule has 10 aromatic carbocycles. The van der Waals surface area contributed by atoms with E-state index in [2.05, 4.69) is 265 Å². The highest BCUT2D eigenvalue weighted by molar-refractivity contribution is 6.09. The fraction of sp³-hybridized carbons (Fsp3) is 0. The zero-order valence-corrected chi connectivity index (χ0v) is 36.7. The fourth-order valence-electron chi connectivity index (χ4n) is 9.42. The van der Waals surface area contributed by atoms with E-state index in [1.807, 2.05) is 0 Å². The van der Waals surface area contributed by atoms with Crippen LogP contribution in [0.4, 0.5) is 0 Å². The van der Waals surface area contributed by atoms with Crippen molar-refractivity contribution in [3.63, 3.8) is 0 Å². The quantitative estimate of drug-likeness (QED) is 0.145. The third-order valence-corrected chi connectivity index (χ3v) is 12.8. The SMILES string of the molecule is c1ccc(-c2cccc(-c3ccc(-c4cc(-c5cccc(-n6c7ccccc7c7ccccc76)c5)nc(-c5ccc(-c6cccc(-c7cccc(-c8ccccc8)c7)c6)cc5)n4)cc3)c2)cc1. The first-order valence-electron chi connectivity index (χ1n) is 22.8. The highest BCUT2D eigenvalue weighted by atomic mass is 15.0. The highest BCUT2D eigenvalue weighted by Gasteiger charge is 2.16. The van der Waals surface area contributed by atoms with Crippen molar-refractivity contribution in [2.75, 3.05) is 0 Å². The van der Waals surface area contributed by atoms with Crippen LogP contribution in [0.1, 0.15) is 0 Å². The van der Waals surface area contributed by atoms with E-state index >= 15 is 0 Å². The molecule has 0 amide bonds. The molecule has 0 fully saturated rings. The zero-order chi connectivity index (χ0) is 44.5. The molecule has 2 heterocycles. The van der Waals surface area contributed by atoms with Crippen LogP contribution in [0, 0.1) is 0 Å². The van der Waals surface area contributed by atoms with Gasteiger partial charge in [0, 0.05) is 33.2 Å². The lowest BCUT2D eigenvalue weighted by Crippen LogP contribution is -1.98. The average molecular weight is 854 g/mol. The Balaban J connectivity index is 0.922. The maximum atomic E-state index is 5.32. The lowest BCUT2D eigenvalue weighted by Gasteiger charge is -2.13. The number of hydrogen-bond donors (Lipinski definition) is 0. The van der Waals surface area contributed by atoms with E-state index in [1.54, 1.807) is 0 Å². The van der Waals surface area contributed by atoms with Crippen LogP contribution in [0.2, 0.25) is 0 Å². The van der Waals surface area contributed by atoms with Crippen molar-refractivity contribution in [3.8, 4) is 95.2 Å². The number of para-hydroxylation sites is 2. The fourth-order valence-corrected chi connectivity index (χ4v) is 9.42. The van der Waals surface area contributed by atoms with Gasteiger partial charge in [0.25, 0.3) is 0 Å². The molecule has 0 saturated carbocycles. The van der Waals surface area contributed by atoms with Gasteiger partial charge in [-0.05, 0) is 104 Å². The van der Waals surface area contributed by atoms with E-state index in [1.165, 1.54) is 60.8 Å². The Morgan fingerprint density at radius 2 is 0.567 bits per heavy atom. The van der Waals surface area contributed by atoms with Crippen LogP contribution < -0.4 is 0 Å². The highest BCUT2D eigenvalue weighted by Crippen LogP contribution is 2.36. The molecule has 3 heteroatoms. The average Bonchev–Trinajstić information content (AvgIpc) is 3.76. The molecule has 0 radical (unpaired) electrons.